The molecule has 1 aromatic heterocycles. The number of aryl methyl sites for hydroxylation is 1. The fourth-order valence-corrected chi connectivity index (χ4v) is 3.88. The number of ether oxygens (including phenoxy) is 1. The highest BCUT2D eigenvalue weighted by atomic mass is 35.5. The summed E-state index contributed by atoms with van der Waals surface area (Å²) in [5.41, 5.74) is 2.81. The number of nitrogens with zero attached hydrogens (tertiary/aromatic N) is 2. The first-order chi connectivity index (χ1) is 14.6. The van der Waals surface area contributed by atoms with E-state index in [1.807, 2.05) is 72.8 Å². The maximum atomic E-state index is 6.30. The molecule has 0 saturated heterocycles. The van der Waals surface area contributed by atoms with Gasteiger partial charge in [-0.2, -0.15) is 0 Å². The van der Waals surface area contributed by atoms with Gasteiger partial charge >= 0.3 is 0 Å². The van der Waals surface area contributed by atoms with Crippen molar-refractivity contribution in [2.24, 2.45) is 0 Å². The van der Waals surface area contributed by atoms with Crippen LogP contribution < -0.4 is 4.74 Å². The van der Waals surface area contributed by atoms with Crippen LogP contribution in [-0.2, 0) is 6.54 Å². The number of imidazole rings is 1. The Kier molecular flexibility index (Phi) is 6.63. The molecule has 0 saturated carbocycles. The molecular weight excluding hydrogens is 439 g/mol. The van der Waals surface area contributed by atoms with Crippen molar-refractivity contribution in [2.75, 3.05) is 6.61 Å². The van der Waals surface area contributed by atoms with Gasteiger partial charge in [-0.05, 0) is 67.1 Å². The lowest BCUT2D eigenvalue weighted by molar-refractivity contribution is 0.302. The van der Waals surface area contributed by atoms with Crippen LogP contribution in [-0.4, -0.2) is 16.2 Å². The Morgan fingerprint density at radius 1 is 0.833 bits per heavy atom. The first-order valence-corrected chi connectivity index (χ1v) is 10.7. The molecule has 4 aromatic rings. The third kappa shape index (κ3) is 4.81. The van der Waals surface area contributed by atoms with E-state index in [2.05, 4.69) is 10.6 Å². The Morgan fingerprint density at radius 3 is 2.33 bits per heavy atom. The molecule has 0 aliphatic heterocycles. The minimum atomic E-state index is 0.591. The topological polar surface area (TPSA) is 27.1 Å². The summed E-state index contributed by atoms with van der Waals surface area (Å²) in [5.74, 6) is 1.65. The smallest absolute Gasteiger partial charge is 0.133 e. The quantitative estimate of drug-likeness (QED) is 0.267. The molecule has 0 bridgehead atoms. The normalized spacial score (nSPS) is 11.4. The molecule has 0 aliphatic carbocycles. The molecule has 3 aromatic carbocycles. The summed E-state index contributed by atoms with van der Waals surface area (Å²) in [7, 11) is 0. The number of benzene rings is 3. The van der Waals surface area contributed by atoms with E-state index < -0.39 is 0 Å². The van der Waals surface area contributed by atoms with E-state index in [-0.39, 0.29) is 0 Å². The predicted octanol–water partition coefficient (Wildman–Crippen LogP) is 7.64. The number of fused-ring (bicyclic) bond motifs is 1. The average Bonchev–Trinajstić information content (AvgIpc) is 3.10. The second kappa shape index (κ2) is 9.57. The largest absolute Gasteiger partial charge is 0.494 e. The molecule has 0 fully saturated rings. The van der Waals surface area contributed by atoms with E-state index >= 15 is 0 Å². The molecule has 0 atom stereocenters. The maximum Gasteiger partial charge on any atom is 0.133 e. The molecule has 4 rings (SSSR count). The average molecular weight is 458 g/mol. The van der Waals surface area contributed by atoms with Crippen LogP contribution in [0.3, 0.4) is 0 Å². The Balaban J connectivity index is 1.53. The molecule has 1 heterocycles. The number of aromatic nitrogens is 2. The Morgan fingerprint density at radius 2 is 1.57 bits per heavy atom. The van der Waals surface area contributed by atoms with Crippen molar-refractivity contribution in [2.45, 2.75) is 13.0 Å². The van der Waals surface area contributed by atoms with Crippen molar-refractivity contribution in [3.63, 3.8) is 0 Å². The van der Waals surface area contributed by atoms with Crippen LogP contribution in [0.4, 0.5) is 0 Å². The van der Waals surface area contributed by atoms with E-state index in [0.717, 1.165) is 41.1 Å². The van der Waals surface area contributed by atoms with Gasteiger partial charge in [0.05, 0.1) is 17.6 Å². The van der Waals surface area contributed by atoms with Gasteiger partial charge in [-0.15, -0.1) is 0 Å². The summed E-state index contributed by atoms with van der Waals surface area (Å²) in [6, 6.07) is 21.0. The number of halogens is 3. The molecular formula is C24H19Cl3N2O. The summed E-state index contributed by atoms with van der Waals surface area (Å²) in [5, 5.41) is 1.91. The van der Waals surface area contributed by atoms with Crippen LogP contribution in [0, 0.1) is 0 Å². The molecule has 0 radical (unpaired) electrons. The van der Waals surface area contributed by atoms with Gasteiger partial charge in [-0.1, -0.05) is 53.0 Å². The van der Waals surface area contributed by atoms with Crippen LogP contribution >= 0.6 is 34.8 Å². The van der Waals surface area contributed by atoms with E-state index in [1.165, 1.54) is 0 Å². The van der Waals surface area contributed by atoms with Gasteiger partial charge in [-0.25, -0.2) is 4.98 Å². The first-order valence-electron chi connectivity index (χ1n) is 9.57. The number of rotatable bonds is 7. The van der Waals surface area contributed by atoms with Crippen LogP contribution in [0.15, 0.2) is 66.7 Å². The van der Waals surface area contributed by atoms with Gasteiger partial charge in [0.2, 0.25) is 0 Å². The van der Waals surface area contributed by atoms with Crippen molar-refractivity contribution in [3.05, 3.63) is 93.2 Å². The molecule has 152 valence electrons. The van der Waals surface area contributed by atoms with Gasteiger partial charge in [0.25, 0.3) is 0 Å². The third-order valence-electron chi connectivity index (χ3n) is 4.69. The van der Waals surface area contributed by atoms with Crippen molar-refractivity contribution in [1.82, 2.24) is 9.55 Å². The first kappa shape index (κ1) is 20.8. The third-order valence-corrected chi connectivity index (χ3v) is 5.60. The van der Waals surface area contributed by atoms with E-state index in [4.69, 9.17) is 44.5 Å². The molecule has 0 N–H and O–H groups in total. The van der Waals surface area contributed by atoms with Crippen molar-refractivity contribution in [3.8, 4) is 5.75 Å². The summed E-state index contributed by atoms with van der Waals surface area (Å²) in [6.45, 7) is 1.36. The van der Waals surface area contributed by atoms with Crippen LogP contribution in [0.5, 0.6) is 5.75 Å². The second-order valence-corrected chi connectivity index (χ2v) is 7.99. The van der Waals surface area contributed by atoms with Crippen molar-refractivity contribution < 1.29 is 4.74 Å². The number of hydrogen-bond donors (Lipinski definition) is 0. The molecule has 0 amide bonds. The highest BCUT2D eigenvalue weighted by Gasteiger charge is 2.09. The lowest BCUT2D eigenvalue weighted by Gasteiger charge is -2.09. The van der Waals surface area contributed by atoms with Gasteiger partial charge in [0.1, 0.15) is 11.6 Å². The van der Waals surface area contributed by atoms with Crippen LogP contribution in [0.2, 0.25) is 15.1 Å². The molecule has 3 nitrogen and oxygen atoms in total. The van der Waals surface area contributed by atoms with E-state index in [1.54, 1.807) is 0 Å². The summed E-state index contributed by atoms with van der Waals surface area (Å²) in [4.78, 5) is 4.77. The number of hydrogen-bond acceptors (Lipinski definition) is 2. The second-order valence-electron chi connectivity index (χ2n) is 6.73. The molecule has 0 unspecified atom stereocenters. The van der Waals surface area contributed by atoms with E-state index in [0.29, 0.717) is 21.7 Å². The minimum Gasteiger partial charge on any atom is -0.494 e. The predicted molar refractivity (Wildman–Crippen MR) is 127 cm³/mol. The van der Waals surface area contributed by atoms with Gasteiger partial charge in [0, 0.05) is 27.2 Å². The van der Waals surface area contributed by atoms with Gasteiger partial charge in [-0.3, -0.25) is 0 Å². The lowest BCUT2D eigenvalue weighted by Crippen LogP contribution is -2.06. The summed E-state index contributed by atoms with van der Waals surface area (Å²) >= 11 is 18.5. The Labute approximate surface area is 190 Å². The minimum absolute atomic E-state index is 0.591. The summed E-state index contributed by atoms with van der Waals surface area (Å²) < 4.78 is 8.01. The van der Waals surface area contributed by atoms with Gasteiger partial charge < -0.3 is 9.30 Å². The Bertz CT molecular complexity index is 1160. The zero-order valence-electron chi connectivity index (χ0n) is 16.1. The number of para-hydroxylation sites is 2. The molecule has 6 heteroatoms. The van der Waals surface area contributed by atoms with Crippen LogP contribution in [0.25, 0.3) is 23.2 Å². The maximum absolute atomic E-state index is 6.30. The standard InChI is InChI=1S/C24H19Cl3N2O/c25-17-9-11-18(12-10-17)30-16-4-15-29-23-8-2-1-7-22(23)28-24(29)14-13-19-20(26)5-3-6-21(19)27/h1-3,5-14H,4,15-16H2/b14-13+. The lowest BCUT2D eigenvalue weighted by atomic mass is 10.2. The van der Waals surface area contributed by atoms with Crippen molar-refractivity contribution in [1.29, 1.82) is 0 Å². The summed E-state index contributed by atoms with van der Waals surface area (Å²) in [6.07, 6.45) is 4.69. The SMILES string of the molecule is Clc1ccc(OCCCn2c(/C=C/c3c(Cl)cccc3Cl)nc3ccccc32)cc1. The zero-order valence-corrected chi connectivity index (χ0v) is 18.3. The fraction of sp³-hybridized carbons (Fsp3) is 0.125. The molecule has 0 spiro atoms. The van der Waals surface area contributed by atoms with Gasteiger partial charge in [0.15, 0.2) is 0 Å². The molecule has 0 aliphatic rings. The Hall–Kier alpha value is -2.46. The highest BCUT2D eigenvalue weighted by molar-refractivity contribution is 6.37. The zero-order chi connectivity index (χ0) is 20.9. The van der Waals surface area contributed by atoms with Crippen LogP contribution in [0.1, 0.15) is 17.8 Å². The highest BCUT2D eigenvalue weighted by Crippen LogP contribution is 2.27. The fourth-order valence-electron chi connectivity index (χ4n) is 3.23. The van der Waals surface area contributed by atoms with Crippen molar-refractivity contribution >= 4 is 58.0 Å². The molecule has 30 heavy (non-hydrogen) atoms. The monoisotopic (exact) mass is 456 g/mol. The van der Waals surface area contributed by atoms with E-state index in [9.17, 15) is 0 Å².